The molecule has 0 bridgehead atoms. The number of rotatable bonds is 12. The minimum Gasteiger partial charge on any atom is -0.744 e. The molecule has 0 aromatic heterocycles. The van der Waals surface area contributed by atoms with Gasteiger partial charge in [0.05, 0.1) is 24.3 Å². The van der Waals surface area contributed by atoms with E-state index in [1.54, 1.807) is 12.1 Å². The maximum Gasteiger partial charge on any atom is 0.124 e. The van der Waals surface area contributed by atoms with Crippen LogP contribution in [-0.2, 0) is 10.1 Å². The molecule has 0 aliphatic rings. The van der Waals surface area contributed by atoms with Crippen LogP contribution < -0.4 is 25.4 Å². The molecule has 6 aromatic carbocycles. The topological polar surface area (TPSA) is 75.7 Å². The van der Waals surface area contributed by atoms with Gasteiger partial charge < -0.3 is 14.0 Å². The normalized spacial score (nSPS) is 11.2. The fourth-order valence-corrected chi connectivity index (χ4v) is 10.5. The lowest BCUT2D eigenvalue weighted by Gasteiger charge is -2.28. The first-order chi connectivity index (χ1) is 23.8. The Labute approximate surface area is 291 Å². The van der Waals surface area contributed by atoms with Crippen molar-refractivity contribution in [1.29, 1.82) is 0 Å². The first-order valence-electron chi connectivity index (χ1n) is 16.3. The second-order valence-electron chi connectivity index (χ2n) is 11.5. The summed E-state index contributed by atoms with van der Waals surface area (Å²) in [4.78, 5) is -0.178. The molecule has 7 heteroatoms. The van der Waals surface area contributed by atoms with Gasteiger partial charge in [0.15, 0.2) is 0 Å². The number of para-hydroxylation sites is 1. The van der Waals surface area contributed by atoms with Gasteiger partial charge in [-0.25, -0.2) is 8.42 Å². The molecule has 0 heterocycles. The molecule has 0 spiro atoms. The van der Waals surface area contributed by atoms with Gasteiger partial charge in [-0.3, -0.25) is 0 Å². The zero-order chi connectivity index (χ0) is 34.5. The third kappa shape index (κ3) is 9.24. The van der Waals surface area contributed by atoms with E-state index >= 15 is 0 Å². The molecule has 6 aromatic rings. The number of hydrogen-bond acceptors (Lipinski definition) is 5. The monoisotopic (exact) mass is 688 g/mol. The van der Waals surface area contributed by atoms with Crippen molar-refractivity contribution in [3.8, 4) is 22.6 Å². The van der Waals surface area contributed by atoms with Crippen molar-refractivity contribution < 1.29 is 22.4 Å². The Bertz CT molecular complexity index is 1940. The molecular formula is C42H41O5PS. The summed E-state index contributed by atoms with van der Waals surface area (Å²) >= 11 is 0. The Kier molecular flexibility index (Phi) is 12.4. The first kappa shape index (κ1) is 35.6. The zero-order valence-corrected chi connectivity index (χ0v) is 29.5. The summed E-state index contributed by atoms with van der Waals surface area (Å²) in [6.45, 7) is 5.41. The van der Waals surface area contributed by atoms with Crippen molar-refractivity contribution in [2.24, 2.45) is 0 Å². The van der Waals surface area contributed by atoms with Crippen LogP contribution in [0.5, 0.6) is 11.5 Å². The van der Waals surface area contributed by atoms with E-state index in [1.165, 1.54) is 39.2 Å². The van der Waals surface area contributed by atoms with Gasteiger partial charge in [0.2, 0.25) is 0 Å². The van der Waals surface area contributed by atoms with E-state index in [4.69, 9.17) is 9.47 Å². The van der Waals surface area contributed by atoms with Gasteiger partial charge in [0.25, 0.3) is 0 Å². The fourth-order valence-electron chi connectivity index (χ4n) is 5.77. The van der Waals surface area contributed by atoms with E-state index in [1.807, 2.05) is 37.3 Å². The highest BCUT2D eigenvalue weighted by Crippen LogP contribution is 2.56. The number of hydrogen-bond donors (Lipinski definition) is 0. The van der Waals surface area contributed by atoms with Gasteiger partial charge in [-0.15, -0.1) is 0 Å². The van der Waals surface area contributed by atoms with Crippen molar-refractivity contribution in [2.75, 3.05) is 19.4 Å². The fraction of sp³-hybridized carbons (Fsp3) is 0.143. The first-order valence-corrected chi connectivity index (χ1v) is 19.7. The Morgan fingerprint density at radius 3 is 1.55 bits per heavy atom. The third-order valence-electron chi connectivity index (χ3n) is 8.23. The maximum atomic E-state index is 10.4. The van der Waals surface area contributed by atoms with Crippen LogP contribution in [-0.4, -0.2) is 32.3 Å². The smallest absolute Gasteiger partial charge is 0.124 e. The van der Waals surface area contributed by atoms with E-state index in [9.17, 15) is 13.0 Å². The maximum absolute atomic E-state index is 10.4. The Hall–Kier alpha value is -4.74. The molecule has 5 nitrogen and oxygen atoms in total. The van der Waals surface area contributed by atoms with Crippen LogP contribution in [0.2, 0.25) is 0 Å². The Morgan fingerprint density at radius 2 is 1.04 bits per heavy atom. The predicted octanol–water partition coefficient (Wildman–Crippen LogP) is 8.41. The van der Waals surface area contributed by atoms with Gasteiger partial charge >= 0.3 is 0 Å². The van der Waals surface area contributed by atoms with Crippen molar-refractivity contribution in [3.05, 3.63) is 169 Å². The predicted molar refractivity (Wildman–Crippen MR) is 202 cm³/mol. The highest BCUT2D eigenvalue weighted by atomic mass is 32.2. The Balaban J connectivity index is 0.000000363. The molecule has 0 saturated heterocycles. The number of ether oxygens (including phenoxy) is 2. The van der Waals surface area contributed by atoms with Crippen LogP contribution in [0.3, 0.4) is 0 Å². The van der Waals surface area contributed by atoms with Crippen LogP contribution in [0.1, 0.15) is 18.9 Å². The average molecular weight is 689 g/mol. The summed E-state index contributed by atoms with van der Waals surface area (Å²) in [5.74, 6) is 1.78. The van der Waals surface area contributed by atoms with Crippen LogP contribution in [0.15, 0.2) is 169 Å². The van der Waals surface area contributed by atoms with Crippen LogP contribution >= 0.6 is 7.26 Å². The summed E-state index contributed by atoms with van der Waals surface area (Å²) in [7, 11) is -6.11. The summed E-state index contributed by atoms with van der Waals surface area (Å²) in [6.07, 6.45) is 1.89. The molecule has 0 radical (unpaired) electrons. The van der Waals surface area contributed by atoms with E-state index in [-0.39, 0.29) is 4.90 Å². The lowest BCUT2D eigenvalue weighted by atomic mass is 10.1. The second kappa shape index (κ2) is 17.1. The summed E-state index contributed by atoms with van der Waals surface area (Å²) in [6, 6.07) is 55.3. The largest absolute Gasteiger partial charge is 0.744 e. The van der Waals surface area contributed by atoms with Crippen molar-refractivity contribution >= 4 is 33.3 Å². The SMILES string of the molecule is CC[P+](c1ccccc1)(c1ccccc1)c1ccccc1-c1ccc(OCCCOc2ccccc2)cc1.Cc1ccc(S(=O)(=O)[O-])cc1. The van der Waals surface area contributed by atoms with E-state index in [0.29, 0.717) is 13.2 Å². The van der Waals surface area contributed by atoms with Crippen LogP contribution in [0.25, 0.3) is 11.1 Å². The quantitative estimate of drug-likeness (QED) is 0.0734. The second-order valence-corrected chi connectivity index (χ2v) is 16.6. The number of benzene rings is 6. The van der Waals surface area contributed by atoms with Gasteiger partial charge in [-0.1, -0.05) is 103 Å². The van der Waals surface area contributed by atoms with Gasteiger partial charge in [0.1, 0.15) is 44.8 Å². The highest BCUT2D eigenvalue weighted by molar-refractivity contribution is 7.95. The van der Waals surface area contributed by atoms with Gasteiger partial charge in [-0.2, -0.15) is 0 Å². The van der Waals surface area contributed by atoms with Crippen LogP contribution in [0, 0.1) is 6.92 Å². The van der Waals surface area contributed by atoms with E-state index in [0.717, 1.165) is 29.6 Å². The van der Waals surface area contributed by atoms with E-state index < -0.39 is 17.4 Å². The average Bonchev–Trinajstić information content (AvgIpc) is 3.14. The van der Waals surface area contributed by atoms with Crippen molar-refractivity contribution in [1.82, 2.24) is 0 Å². The lowest BCUT2D eigenvalue weighted by molar-refractivity contribution is 0.247. The van der Waals surface area contributed by atoms with Crippen molar-refractivity contribution in [3.63, 3.8) is 0 Å². The molecule has 250 valence electrons. The zero-order valence-electron chi connectivity index (χ0n) is 27.8. The molecule has 0 saturated carbocycles. The summed E-state index contributed by atoms with van der Waals surface area (Å²) in [5, 5.41) is 4.25. The lowest BCUT2D eigenvalue weighted by Crippen LogP contribution is -2.33. The highest BCUT2D eigenvalue weighted by Gasteiger charge is 2.45. The van der Waals surface area contributed by atoms with E-state index in [2.05, 4.69) is 116 Å². The Morgan fingerprint density at radius 1 is 0.571 bits per heavy atom. The molecule has 0 aliphatic carbocycles. The summed E-state index contributed by atoms with van der Waals surface area (Å²) in [5.41, 5.74) is 3.43. The molecule has 0 atom stereocenters. The molecule has 0 N–H and O–H groups in total. The molecule has 0 unspecified atom stereocenters. The molecule has 0 fully saturated rings. The van der Waals surface area contributed by atoms with Gasteiger partial charge in [-0.05, 0) is 86.1 Å². The molecule has 0 aliphatic heterocycles. The molecule has 49 heavy (non-hydrogen) atoms. The van der Waals surface area contributed by atoms with Crippen molar-refractivity contribution in [2.45, 2.75) is 25.2 Å². The van der Waals surface area contributed by atoms with Gasteiger partial charge in [0, 0.05) is 12.0 Å². The minimum atomic E-state index is -4.27. The molecule has 6 rings (SSSR count). The minimum absolute atomic E-state index is 0.178. The van der Waals surface area contributed by atoms with Crippen LogP contribution in [0.4, 0.5) is 0 Å². The molecule has 0 amide bonds. The summed E-state index contributed by atoms with van der Waals surface area (Å²) < 4.78 is 43.0. The number of aryl methyl sites for hydroxylation is 1. The molecular weight excluding hydrogens is 647 g/mol. The third-order valence-corrected chi connectivity index (χ3v) is 13.6. The standard InChI is InChI=1S/C35H34O2P.C7H8O3S/c1-2-38(32-17-8-4-9-18-32,33-19-10-5-11-20-33)35-22-13-12-21-34(35)29-23-25-31(26-24-29)37-28-14-27-36-30-15-6-3-7-16-30;1-6-2-4-7(5-3-6)11(8,9)10/h3-13,15-26H,2,14,27-28H2,1H3;2-5H,1H3,(H,8,9,10)/q+1;/p-1.